The molecule has 1 spiro atoms. The topological polar surface area (TPSA) is 58.3 Å². The van der Waals surface area contributed by atoms with Crippen molar-refractivity contribution in [2.75, 3.05) is 20.1 Å². The van der Waals surface area contributed by atoms with E-state index in [9.17, 15) is 0 Å². The van der Waals surface area contributed by atoms with Gasteiger partial charge in [0.15, 0.2) is 11.8 Å². The smallest absolute Gasteiger partial charge is 0.194 e. The molecule has 0 aromatic carbocycles. The standard InChI is InChI=1S/C15H26N6/c1-3-20-12-18-19-13(20)10-17-14(16-2)21-9-8-15(11-21)6-4-5-7-15/h12H,3-11H2,1-2H3,(H,16,17). The maximum atomic E-state index is 4.45. The Morgan fingerprint density at radius 1 is 1.38 bits per heavy atom. The Morgan fingerprint density at radius 2 is 2.19 bits per heavy atom. The van der Waals surface area contributed by atoms with Crippen LogP contribution in [0.15, 0.2) is 11.3 Å². The average molecular weight is 290 g/mol. The van der Waals surface area contributed by atoms with Gasteiger partial charge in [-0.15, -0.1) is 10.2 Å². The van der Waals surface area contributed by atoms with Crippen LogP contribution >= 0.6 is 0 Å². The maximum Gasteiger partial charge on any atom is 0.194 e. The fourth-order valence-corrected chi connectivity index (χ4v) is 3.82. The summed E-state index contributed by atoms with van der Waals surface area (Å²) in [7, 11) is 1.87. The summed E-state index contributed by atoms with van der Waals surface area (Å²) in [6.07, 6.45) is 8.69. The first-order chi connectivity index (χ1) is 10.3. The van der Waals surface area contributed by atoms with Crippen LogP contribution in [0, 0.1) is 5.41 Å². The molecule has 1 aromatic rings. The Hall–Kier alpha value is -1.59. The molecule has 6 heteroatoms. The van der Waals surface area contributed by atoms with Crippen LogP contribution < -0.4 is 5.32 Å². The van der Waals surface area contributed by atoms with Crippen molar-refractivity contribution in [3.63, 3.8) is 0 Å². The SMILES string of the molecule is CCn1cnnc1CNC(=NC)N1CCC2(CCCC2)C1. The van der Waals surface area contributed by atoms with Crippen LogP contribution in [0.5, 0.6) is 0 Å². The lowest BCUT2D eigenvalue weighted by Gasteiger charge is -2.25. The summed E-state index contributed by atoms with van der Waals surface area (Å²) in [6, 6.07) is 0. The average Bonchev–Trinajstić information content (AvgIpc) is 3.23. The van der Waals surface area contributed by atoms with Gasteiger partial charge in [-0.2, -0.15) is 0 Å². The number of hydrogen-bond acceptors (Lipinski definition) is 3. The first-order valence-corrected chi connectivity index (χ1v) is 8.09. The van der Waals surface area contributed by atoms with Crippen LogP contribution in [0.4, 0.5) is 0 Å². The molecule has 116 valence electrons. The molecule has 1 aliphatic carbocycles. The third-order valence-electron chi connectivity index (χ3n) is 5.05. The molecule has 1 aliphatic heterocycles. The first kappa shape index (κ1) is 14.4. The Morgan fingerprint density at radius 3 is 2.90 bits per heavy atom. The molecule has 1 aromatic heterocycles. The minimum absolute atomic E-state index is 0.570. The molecular formula is C15H26N6. The zero-order valence-corrected chi connectivity index (χ0v) is 13.2. The van der Waals surface area contributed by atoms with Crippen molar-refractivity contribution in [1.82, 2.24) is 25.0 Å². The molecule has 0 amide bonds. The molecule has 0 radical (unpaired) electrons. The predicted octanol–water partition coefficient (Wildman–Crippen LogP) is 1.64. The lowest BCUT2D eigenvalue weighted by molar-refractivity contribution is 0.309. The van der Waals surface area contributed by atoms with E-state index in [1.54, 1.807) is 6.33 Å². The number of guanidine groups is 1. The van der Waals surface area contributed by atoms with Crippen molar-refractivity contribution >= 4 is 5.96 Å². The number of nitrogens with one attached hydrogen (secondary N) is 1. The molecule has 3 rings (SSSR count). The number of likely N-dealkylation sites (tertiary alicyclic amines) is 1. The van der Waals surface area contributed by atoms with E-state index in [1.807, 2.05) is 7.05 Å². The molecule has 6 nitrogen and oxygen atoms in total. The van der Waals surface area contributed by atoms with Gasteiger partial charge in [0, 0.05) is 26.7 Å². The molecule has 0 bridgehead atoms. The number of aliphatic imine (C=N–C) groups is 1. The zero-order chi connectivity index (χ0) is 14.7. The van der Waals surface area contributed by atoms with Gasteiger partial charge in [0.25, 0.3) is 0 Å². The van der Waals surface area contributed by atoms with E-state index in [4.69, 9.17) is 0 Å². The highest BCUT2D eigenvalue weighted by Crippen LogP contribution is 2.45. The van der Waals surface area contributed by atoms with Gasteiger partial charge in [-0.3, -0.25) is 4.99 Å². The highest BCUT2D eigenvalue weighted by molar-refractivity contribution is 5.80. The van der Waals surface area contributed by atoms with Gasteiger partial charge in [0.05, 0.1) is 6.54 Å². The van der Waals surface area contributed by atoms with E-state index in [-0.39, 0.29) is 0 Å². The Bertz CT molecular complexity index is 500. The molecule has 2 heterocycles. The molecule has 21 heavy (non-hydrogen) atoms. The van der Waals surface area contributed by atoms with Crippen LogP contribution in [0.2, 0.25) is 0 Å². The highest BCUT2D eigenvalue weighted by atomic mass is 15.3. The first-order valence-electron chi connectivity index (χ1n) is 8.09. The Labute approximate surface area is 126 Å². The van der Waals surface area contributed by atoms with Crippen LogP contribution in [0.1, 0.15) is 44.9 Å². The van der Waals surface area contributed by atoms with E-state index < -0.39 is 0 Å². The number of nitrogens with zero attached hydrogens (tertiary/aromatic N) is 5. The van der Waals surface area contributed by atoms with E-state index in [0.29, 0.717) is 12.0 Å². The molecule has 0 unspecified atom stereocenters. The van der Waals surface area contributed by atoms with E-state index >= 15 is 0 Å². The lowest BCUT2D eigenvalue weighted by atomic mass is 9.86. The van der Waals surface area contributed by atoms with Crippen molar-refractivity contribution in [3.8, 4) is 0 Å². The number of rotatable bonds is 3. The fraction of sp³-hybridized carbons (Fsp3) is 0.800. The van der Waals surface area contributed by atoms with Crippen molar-refractivity contribution < 1.29 is 0 Å². The second-order valence-electron chi connectivity index (χ2n) is 6.31. The van der Waals surface area contributed by atoms with Crippen LogP contribution in [0.3, 0.4) is 0 Å². The van der Waals surface area contributed by atoms with Crippen LogP contribution in [-0.4, -0.2) is 45.8 Å². The van der Waals surface area contributed by atoms with Crippen LogP contribution in [-0.2, 0) is 13.1 Å². The van der Waals surface area contributed by atoms with Gasteiger partial charge in [-0.1, -0.05) is 12.8 Å². The fourth-order valence-electron chi connectivity index (χ4n) is 3.82. The van der Waals surface area contributed by atoms with E-state index in [2.05, 4.69) is 36.9 Å². The summed E-state index contributed by atoms with van der Waals surface area (Å²) in [4.78, 5) is 6.87. The van der Waals surface area contributed by atoms with Crippen molar-refractivity contribution in [1.29, 1.82) is 0 Å². The summed E-state index contributed by atoms with van der Waals surface area (Å²) in [5.74, 6) is 1.97. The summed E-state index contributed by atoms with van der Waals surface area (Å²) in [5, 5.41) is 11.6. The van der Waals surface area contributed by atoms with Gasteiger partial charge in [-0.25, -0.2) is 0 Å². The lowest BCUT2D eigenvalue weighted by Crippen LogP contribution is -2.41. The Balaban J connectivity index is 1.59. The molecule has 1 saturated heterocycles. The molecule has 1 N–H and O–H groups in total. The second kappa shape index (κ2) is 6.03. The minimum Gasteiger partial charge on any atom is -0.349 e. The molecule has 1 saturated carbocycles. The Kier molecular flexibility index (Phi) is 4.12. The normalized spacial score (nSPS) is 21.4. The predicted molar refractivity (Wildman–Crippen MR) is 83.0 cm³/mol. The largest absolute Gasteiger partial charge is 0.349 e. The zero-order valence-electron chi connectivity index (χ0n) is 13.2. The van der Waals surface area contributed by atoms with Gasteiger partial charge < -0.3 is 14.8 Å². The third kappa shape index (κ3) is 2.89. The third-order valence-corrected chi connectivity index (χ3v) is 5.05. The number of hydrogen-bond donors (Lipinski definition) is 1. The molecule has 0 atom stereocenters. The van der Waals surface area contributed by atoms with Crippen molar-refractivity contribution in [2.45, 2.75) is 52.1 Å². The highest BCUT2D eigenvalue weighted by Gasteiger charge is 2.41. The number of aromatic nitrogens is 3. The quantitative estimate of drug-likeness (QED) is 0.679. The number of aryl methyl sites for hydroxylation is 1. The summed E-state index contributed by atoms with van der Waals surface area (Å²) in [5.41, 5.74) is 0.570. The van der Waals surface area contributed by atoms with Crippen molar-refractivity contribution in [2.24, 2.45) is 10.4 Å². The van der Waals surface area contributed by atoms with Crippen LogP contribution in [0.25, 0.3) is 0 Å². The van der Waals surface area contributed by atoms with Gasteiger partial charge in [0.2, 0.25) is 0 Å². The van der Waals surface area contributed by atoms with E-state index in [1.165, 1.54) is 32.1 Å². The molecule has 2 aliphatic rings. The molecular weight excluding hydrogens is 264 g/mol. The minimum atomic E-state index is 0.570. The van der Waals surface area contributed by atoms with E-state index in [0.717, 1.165) is 31.4 Å². The monoisotopic (exact) mass is 290 g/mol. The second-order valence-corrected chi connectivity index (χ2v) is 6.31. The summed E-state index contributed by atoms with van der Waals surface area (Å²) in [6.45, 7) is 5.97. The molecule has 2 fully saturated rings. The van der Waals surface area contributed by atoms with Crippen molar-refractivity contribution in [3.05, 3.63) is 12.2 Å². The maximum absolute atomic E-state index is 4.45. The summed E-state index contributed by atoms with van der Waals surface area (Å²) >= 11 is 0. The summed E-state index contributed by atoms with van der Waals surface area (Å²) < 4.78 is 2.06. The van der Waals surface area contributed by atoms with Gasteiger partial charge in [-0.05, 0) is 31.6 Å². The van der Waals surface area contributed by atoms with Gasteiger partial charge >= 0.3 is 0 Å². The van der Waals surface area contributed by atoms with Gasteiger partial charge in [0.1, 0.15) is 6.33 Å².